The number of rotatable bonds is 8. The summed E-state index contributed by atoms with van der Waals surface area (Å²) in [6.07, 6.45) is 4.70. The minimum atomic E-state index is -0.187. The normalized spacial score (nSPS) is 16.0. The van der Waals surface area contributed by atoms with Crippen LogP contribution in [0, 0.1) is 6.92 Å². The van der Waals surface area contributed by atoms with Crippen molar-refractivity contribution in [3.63, 3.8) is 0 Å². The fourth-order valence-corrected chi connectivity index (χ4v) is 19.2. The number of nitrogens with zero attached hydrogens (tertiary/aromatic N) is 4. The number of anilines is 6. The van der Waals surface area contributed by atoms with Crippen LogP contribution in [-0.4, -0.2) is 15.8 Å². The van der Waals surface area contributed by atoms with Crippen LogP contribution in [0.2, 0.25) is 0 Å². The minimum absolute atomic E-state index is 0.0250. The Kier molecular flexibility index (Phi) is 15.1. The molecule has 19 rings (SSSR count). The molecule has 532 valence electrons. The van der Waals surface area contributed by atoms with E-state index in [-0.39, 0.29) is 39.2 Å². The van der Waals surface area contributed by atoms with Gasteiger partial charge in [0.1, 0.15) is 0 Å². The topological polar surface area (TPSA) is 16.3 Å². The second kappa shape index (κ2) is 24.1. The molecule has 0 saturated carbocycles. The number of fused-ring (bicyclic) bond motifs is 12. The van der Waals surface area contributed by atoms with Crippen molar-refractivity contribution < 1.29 is 0 Å². The molecular formula is C103H97BN4. The first-order valence-corrected chi connectivity index (χ1v) is 39.5. The van der Waals surface area contributed by atoms with Crippen LogP contribution < -0.4 is 26.2 Å². The van der Waals surface area contributed by atoms with Gasteiger partial charge in [0.15, 0.2) is 0 Å². The molecule has 4 heterocycles. The van der Waals surface area contributed by atoms with Gasteiger partial charge in [-0.2, -0.15) is 0 Å². The highest BCUT2D eigenvalue weighted by Gasteiger charge is 2.46. The van der Waals surface area contributed by atoms with Gasteiger partial charge < -0.3 is 18.9 Å². The van der Waals surface area contributed by atoms with Crippen LogP contribution in [0.25, 0.3) is 99.5 Å². The summed E-state index contributed by atoms with van der Waals surface area (Å²) in [7, 11) is 0. The molecule has 2 aliphatic carbocycles. The van der Waals surface area contributed by atoms with Crippen molar-refractivity contribution in [2.24, 2.45) is 0 Å². The van der Waals surface area contributed by atoms with Crippen molar-refractivity contribution >= 4 is 101 Å². The lowest BCUT2D eigenvalue weighted by Crippen LogP contribution is -2.61. The highest BCUT2D eigenvalue weighted by molar-refractivity contribution is 7.00. The molecule has 0 unspecified atom stereocenters. The van der Waals surface area contributed by atoms with Crippen LogP contribution in [0.1, 0.15) is 162 Å². The minimum Gasteiger partial charge on any atom is -0.311 e. The van der Waals surface area contributed by atoms with Crippen LogP contribution in [0.5, 0.6) is 0 Å². The number of para-hydroxylation sites is 1. The predicted octanol–water partition coefficient (Wildman–Crippen LogP) is 26.2. The molecule has 0 spiro atoms. The van der Waals surface area contributed by atoms with Crippen LogP contribution in [0.15, 0.2) is 267 Å². The van der Waals surface area contributed by atoms with Gasteiger partial charge in [0.25, 0.3) is 6.71 Å². The molecule has 2 aromatic heterocycles. The fourth-order valence-electron chi connectivity index (χ4n) is 19.2. The van der Waals surface area contributed by atoms with Gasteiger partial charge in [-0.25, -0.2) is 0 Å². The van der Waals surface area contributed by atoms with Gasteiger partial charge in [-0.05, 0) is 256 Å². The molecule has 0 fully saturated rings. The Bertz CT molecular complexity index is 6210. The number of benzene rings is 13. The summed E-state index contributed by atoms with van der Waals surface area (Å²) in [5.41, 5.74) is 37.5. The maximum absolute atomic E-state index is 2.65. The largest absolute Gasteiger partial charge is 0.311 e. The van der Waals surface area contributed by atoms with E-state index < -0.39 is 0 Å². The van der Waals surface area contributed by atoms with Gasteiger partial charge >= 0.3 is 0 Å². The molecule has 0 atom stereocenters. The Balaban J connectivity index is 0.901. The highest BCUT2D eigenvalue weighted by atomic mass is 15.2. The number of hydrogen-bond donors (Lipinski definition) is 0. The lowest BCUT2D eigenvalue weighted by Gasteiger charge is -2.44. The number of aryl methyl sites for hydroxylation is 1. The second-order valence-electron chi connectivity index (χ2n) is 36.8. The molecule has 0 bridgehead atoms. The second-order valence-corrected chi connectivity index (χ2v) is 36.8. The molecule has 0 amide bonds. The SMILES string of the molecule is Cc1ccc2c(c1)c1cc(-c3ccccc3)ccc1n2-c1cc2c3c(c1)N(c1ccc(-c4ccc5c(c4)C(C)(C)CCC5(C)C)cc1)c1cc(-n4c5ccccc5c5cc(C(C)(C)C)ccc54)ccc1B3c1cc(-c3cccc(C(C)(C)C)c3)ccc1N2c1ccc(-c2ccc3c(c2)C(C)(C)CCC3(C)C)cc1. The molecule has 0 radical (unpaired) electrons. The third-order valence-electron chi connectivity index (χ3n) is 25.8. The molecule has 13 aromatic carbocycles. The first-order chi connectivity index (χ1) is 51.7. The smallest absolute Gasteiger partial charge is 0.252 e. The Labute approximate surface area is 639 Å². The molecule has 4 nitrogen and oxygen atoms in total. The van der Waals surface area contributed by atoms with Crippen LogP contribution >= 0.6 is 0 Å². The maximum Gasteiger partial charge on any atom is 0.252 e. The quantitative estimate of drug-likeness (QED) is 0.141. The number of hydrogen-bond acceptors (Lipinski definition) is 2. The summed E-state index contributed by atoms with van der Waals surface area (Å²) in [5.74, 6) is 0. The van der Waals surface area contributed by atoms with Crippen molar-refractivity contribution in [1.82, 2.24) is 9.13 Å². The first-order valence-electron chi connectivity index (χ1n) is 39.5. The van der Waals surface area contributed by atoms with Crippen LogP contribution in [-0.2, 0) is 32.5 Å². The zero-order valence-electron chi connectivity index (χ0n) is 65.6. The van der Waals surface area contributed by atoms with Crippen molar-refractivity contribution in [3.05, 3.63) is 306 Å². The summed E-state index contributed by atoms with van der Waals surface area (Å²) in [6, 6.07) is 104. The molecule has 108 heavy (non-hydrogen) atoms. The van der Waals surface area contributed by atoms with E-state index in [1.807, 2.05) is 0 Å². The number of aromatic nitrogens is 2. The summed E-state index contributed by atoms with van der Waals surface area (Å²) >= 11 is 0. The lowest BCUT2D eigenvalue weighted by atomic mass is 9.33. The maximum atomic E-state index is 2.65. The Morgan fingerprint density at radius 3 is 1.31 bits per heavy atom. The zero-order valence-corrected chi connectivity index (χ0v) is 65.6. The average Bonchev–Trinajstić information content (AvgIpc) is 0.961. The molecule has 0 saturated heterocycles. The van der Waals surface area contributed by atoms with Gasteiger partial charge in [0.2, 0.25) is 0 Å². The molecule has 4 aliphatic rings. The van der Waals surface area contributed by atoms with Gasteiger partial charge in [0, 0.05) is 61.4 Å². The average molecular weight is 1400 g/mol. The molecular weight excluding hydrogens is 1300 g/mol. The monoisotopic (exact) mass is 1400 g/mol. The van der Waals surface area contributed by atoms with Crippen molar-refractivity contribution in [1.29, 1.82) is 0 Å². The Morgan fingerprint density at radius 1 is 0.278 bits per heavy atom. The van der Waals surface area contributed by atoms with E-state index in [1.165, 1.54) is 163 Å². The van der Waals surface area contributed by atoms with Gasteiger partial charge in [-0.15, -0.1) is 0 Å². The lowest BCUT2D eigenvalue weighted by molar-refractivity contribution is 0.332. The van der Waals surface area contributed by atoms with Crippen molar-refractivity contribution in [3.8, 4) is 55.9 Å². The third kappa shape index (κ3) is 10.8. The summed E-state index contributed by atoms with van der Waals surface area (Å²) in [6.45, 7) is 35.5. The predicted molar refractivity (Wildman–Crippen MR) is 464 cm³/mol. The van der Waals surface area contributed by atoms with Gasteiger partial charge in [-0.1, -0.05) is 272 Å². The van der Waals surface area contributed by atoms with E-state index in [0.29, 0.717) is 0 Å². The van der Waals surface area contributed by atoms with E-state index in [4.69, 9.17) is 0 Å². The highest BCUT2D eigenvalue weighted by Crippen LogP contribution is 2.52. The summed E-state index contributed by atoms with van der Waals surface area (Å²) in [4.78, 5) is 5.28. The van der Waals surface area contributed by atoms with Gasteiger partial charge in [-0.3, -0.25) is 0 Å². The van der Waals surface area contributed by atoms with E-state index in [0.717, 1.165) is 51.7 Å². The Hall–Kier alpha value is -10.9. The van der Waals surface area contributed by atoms with Crippen molar-refractivity contribution in [2.45, 2.75) is 162 Å². The van der Waals surface area contributed by atoms with Crippen molar-refractivity contribution in [2.75, 3.05) is 9.80 Å². The molecule has 2 aliphatic heterocycles. The Morgan fingerprint density at radius 2 is 0.704 bits per heavy atom. The fraction of sp³-hybridized carbons (Fsp3) is 0.243. The summed E-state index contributed by atoms with van der Waals surface area (Å²) in [5, 5.41) is 4.98. The van der Waals surface area contributed by atoms with Crippen LogP contribution in [0.3, 0.4) is 0 Å². The van der Waals surface area contributed by atoms with E-state index in [9.17, 15) is 0 Å². The van der Waals surface area contributed by atoms with E-state index in [2.05, 4.69) is 390 Å². The van der Waals surface area contributed by atoms with Gasteiger partial charge in [0.05, 0.1) is 27.8 Å². The molecule has 15 aromatic rings. The van der Waals surface area contributed by atoms with E-state index >= 15 is 0 Å². The van der Waals surface area contributed by atoms with E-state index in [1.54, 1.807) is 0 Å². The first kappa shape index (κ1) is 67.7. The third-order valence-corrected chi connectivity index (χ3v) is 25.8. The molecule has 5 heteroatoms. The molecule has 0 N–H and O–H groups in total. The van der Waals surface area contributed by atoms with Crippen LogP contribution in [0.4, 0.5) is 34.1 Å². The zero-order chi connectivity index (χ0) is 74.5. The standard InChI is InChI=1S/C103H97BN4/c1-64-28-46-90-80(54-64)81-56-69(65-22-17-16-18-23-65)35-47-91(81)108(90)78-62-95-97-96(63-78)106(76-40-31-67(32-41-76)71-34-44-84-86(58-71)103(14,15)53-51-101(84,10)11)94-61-77(107-89-27-20-19-26-79(89)82-60-74(99(5,6)7)37-49-92(82)107)42-45-87(94)104(97)88-59-72(68-24-21-25-73(55-68)98(2,3)4)36-48-93(88)105(95)75-38-29-66(30-39-75)70-33-43-83-85(57-70)102(12,13)52-50-100(83,8)9/h16-49,54-63H,50-53H2,1-15H3. The summed E-state index contributed by atoms with van der Waals surface area (Å²) < 4.78 is 5.10.